The molecule has 2 aromatic heterocycles. The second-order valence-corrected chi connectivity index (χ2v) is 2.73. The zero-order valence-corrected chi connectivity index (χ0v) is 7.27. The van der Waals surface area contributed by atoms with Gasteiger partial charge in [0.05, 0.1) is 0 Å². The van der Waals surface area contributed by atoms with Crippen LogP contribution in [0.15, 0.2) is 4.79 Å². The lowest BCUT2D eigenvalue weighted by Crippen LogP contribution is -2.11. The highest BCUT2D eigenvalue weighted by molar-refractivity contribution is 5.72. The van der Waals surface area contributed by atoms with Crippen LogP contribution in [0.5, 0.6) is 0 Å². The summed E-state index contributed by atoms with van der Waals surface area (Å²) < 4.78 is 1.42. The summed E-state index contributed by atoms with van der Waals surface area (Å²) >= 11 is 0. The molecular formula is C7H6N6O. The lowest BCUT2D eigenvalue weighted by molar-refractivity contribution is 0.905. The summed E-state index contributed by atoms with van der Waals surface area (Å²) in [4.78, 5) is 21.3. The van der Waals surface area contributed by atoms with E-state index in [-0.39, 0.29) is 17.3 Å². The number of aryl methyl sites for hydroxylation is 1. The van der Waals surface area contributed by atoms with E-state index in [0.717, 1.165) is 0 Å². The molecule has 0 aromatic carbocycles. The number of nitrogen functional groups attached to an aromatic ring is 1. The topological polar surface area (TPSA) is 113 Å². The second-order valence-electron chi connectivity index (χ2n) is 2.73. The summed E-state index contributed by atoms with van der Waals surface area (Å²) in [5.74, 6) is 0.138. The van der Waals surface area contributed by atoms with E-state index in [9.17, 15) is 4.79 Å². The molecule has 0 aliphatic carbocycles. The van der Waals surface area contributed by atoms with Crippen molar-refractivity contribution in [2.24, 2.45) is 7.05 Å². The lowest BCUT2D eigenvalue weighted by Gasteiger charge is -1.94. The maximum atomic E-state index is 11.3. The summed E-state index contributed by atoms with van der Waals surface area (Å²) in [7, 11) is 1.60. The highest BCUT2D eigenvalue weighted by Crippen LogP contribution is 2.07. The Morgan fingerprint density at radius 2 is 2.29 bits per heavy atom. The number of nitrogens with two attached hydrogens (primary N) is 1. The molecule has 2 rings (SSSR count). The number of nitrogens with zero attached hydrogens (tertiary/aromatic N) is 4. The van der Waals surface area contributed by atoms with E-state index in [1.165, 1.54) is 4.57 Å². The standard InChI is InChI=1S/C7H6N6O/c1-13-3(2-8)10-4-5(13)11-7(9)12-6(4)14/h1H3,(H3,9,11,12,14). The van der Waals surface area contributed by atoms with Crippen LogP contribution < -0.4 is 11.3 Å². The van der Waals surface area contributed by atoms with Gasteiger partial charge >= 0.3 is 0 Å². The van der Waals surface area contributed by atoms with Crippen molar-refractivity contribution in [3.63, 3.8) is 0 Å². The van der Waals surface area contributed by atoms with Crippen LogP contribution in [-0.2, 0) is 7.05 Å². The summed E-state index contributed by atoms with van der Waals surface area (Å²) in [6.07, 6.45) is 0. The number of rotatable bonds is 0. The molecule has 7 nitrogen and oxygen atoms in total. The van der Waals surface area contributed by atoms with Gasteiger partial charge in [-0.05, 0) is 0 Å². The van der Waals surface area contributed by atoms with Crippen LogP contribution >= 0.6 is 0 Å². The van der Waals surface area contributed by atoms with Gasteiger partial charge in [0.1, 0.15) is 6.07 Å². The molecule has 2 heterocycles. The van der Waals surface area contributed by atoms with Crippen LogP contribution in [0.4, 0.5) is 5.95 Å². The monoisotopic (exact) mass is 190 g/mol. The van der Waals surface area contributed by atoms with Crippen LogP contribution in [0.1, 0.15) is 5.82 Å². The van der Waals surface area contributed by atoms with E-state index < -0.39 is 5.56 Å². The molecule has 0 amide bonds. The third-order valence-corrected chi connectivity index (χ3v) is 1.85. The minimum atomic E-state index is -0.440. The molecule has 0 aliphatic rings. The minimum absolute atomic E-state index is 0.00925. The lowest BCUT2D eigenvalue weighted by atomic mass is 10.5. The maximum absolute atomic E-state index is 11.3. The number of aromatic nitrogens is 4. The number of nitriles is 1. The number of nitrogens with one attached hydrogen (secondary N) is 1. The average molecular weight is 190 g/mol. The third kappa shape index (κ3) is 0.942. The molecule has 0 unspecified atom stereocenters. The zero-order valence-electron chi connectivity index (χ0n) is 7.27. The van der Waals surface area contributed by atoms with Crippen molar-refractivity contribution in [2.75, 3.05) is 5.73 Å². The number of H-pyrrole nitrogens is 1. The van der Waals surface area contributed by atoms with Gasteiger partial charge in [0.2, 0.25) is 11.8 Å². The fourth-order valence-corrected chi connectivity index (χ4v) is 1.19. The molecule has 7 heteroatoms. The van der Waals surface area contributed by atoms with Gasteiger partial charge in [0, 0.05) is 7.05 Å². The van der Waals surface area contributed by atoms with Crippen molar-refractivity contribution in [1.29, 1.82) is 5.26 Å². The SMILES string of the molecule is Cn1c(C#N)nc2c(=O)[nH]c(N)nc21. The number of imidazole rings is 1. The Bertz CT molecular complexity index is 601. The Hall–Kier alpha value is -2.36. The van der Waals surface area contributed by atoms with E-state index in [1.807, 2.05) is 6.07 Å². The van der Waals surface area contributed by atoms with E-state index in [1.54, 1.807) is 7.05 Å². The molecule has 0 fully saturated rings. The number of hydrogen-bond acceptors (Lipinski definition) is 5. The Labute approximate surface area is 77.8 Å². The number of aromatic amines is 1. The van der Waals surface area contributed by atoms with Crippen molar-refractivity contribution in [3.05, 3.63) is 16.2 Å². The maximum Gasteiger partial charge on any atom is 0.280 e. The van der Waals surface area contributed by atoms with Gasteiger partial charge in [0.25, 0.3) is 5.56 Å². The summed E-state index contributed by atoms with van der Waals surface area (Å²) in [5, 5.41) is 8.68. The fraction of sp³-hybridized carbons (Fsp3) is 0.143. The van der Waals surface area contributed by atoms with Gasteiger partial charge < -0.3 is 10.3 Å². The number of fused-ring (bicyclic) bond motifs is 1. The molecule has 2 aromatic rings. The van der Waals surface area contributed by atoms with Gasteiger partial charge in [0.15, 0.2) is 11.2 Å². The number of anilines is 1. The van der Waals surface area contributed by atoms with E-state index in [4.69, 9.17) is 11.0 Å². The normalized spacial score (nSPS) is 10.3. The van der Waals surface area contributed by atoms with Crippen LogP contribution in [0, 0.1) is 11.3 Å². The molecule has 0 atom stereocenters. The van der Waals surface area contributed by atoms with Crippen molar-refractivity contribution < 1.29 is 0 Å². The van der Waals surface area contributed by atoms with Gasteiger partial charge in [-0.3, -0.25) is 9.78 Å². The Kier molecular flexibility index (Phi) is 1.51. The van der Waals surface area contributed by atoms with Crippen LogP contribution in [-0.4, -0.2) is 19.5 Å². The zero-order chi connectivity index (χ0) is 10.3. The first-order valence-corrected chi connectivity index (χ1v) is 3.76. The summed E-state index contributed by atoms with van der Waals surface area (Å²) in [6.45, 7) is 0. The number of hydrogen-bond donors (Lipinski definition) is 2. The molecule has 0 radical (unpaired) electrons. The van der Waals surface area contributed by atoms with Crippen LogP contribution in [0.3, 0.4) is 0 Å². The highest BCUT2D eigenvalue weighted by atomic mass is 16.1. The summed E-state index contributed by atoms with van der Waals surface area (Å²) in [6, 6.07) is 1.85. The molecule has 0 aliphatic heterocycles. The third-order valence-electron chi connectivity index (χ3n) is 1.85. The average Bonchev–Trinajstić information content (AvgIpc) is 2.44. The molecule has 0 spiro atoms. The van der Waals surface area contributed by atoms with Crippen LogP contribution in [0.25, 0.3) is 11.2 Å². The van der Waals surface area contributed by atoms with Crippen molar-refractivity contribution >= 4 is 17.1 Å². The van der Waals surface area contributed by atoms with Crippen molar-refractivity contribution in [3.8, 4) is 6.07 Å². The first-order valence-electron chi connectivity index (χ1n) is 3.76. The molecule has 0 bridgehead atoms. The van der Waals surface area contributed by atoms with Crippen LogP contribution in [0.2, 0.25) is 0 Å². The fourth-order valence-electron chi connectivity index (χ4n) is 1.19. The Morgan fingerprint density at radius 1 is 1.57 bits per heavy atom. The molecule has 0 saturated carbocycles. The smallest absolute Gasteiger partial charge is 0.280 e. The second kappa shape index (κ2) is 2.56. The van der Waals surface area contributed by atoms with Gasteiger partial charge in [-0.15, -0.1) is 0 Å². The molecule has 14 heavy (non-hydrogen) atoms. The first-order chi connectivity index (χ1) is 6.63. The van der Waals surface area contributed by atoms with Crippen molar-refractivity contribution in [2.45, 2.75) is 0 Å². The molecule has 3 N–H and O–H groups in total. The highest BCUT2D eigenvalue weighted by Gasteiger charge is 2.11. The predicted molar refractivity (Wildman–Crippen MR) is 48.3 cm³/mol. The molecule has 70 valence electrons. The first kappa shape index (κ1) is 8.25. The molecule has 0 saturated heterocycles. The van der Waals surface area contributed by atoms with Gasteiger partial charge in [-0.1, -0.05) is 0 Å². The van der Waals surface area contributed by atoms with E-state index >= 15 is 0 Å². The van der Waals surface area contributed by atoms with Crippen molar-refractivity contribution in [1.82, 2.24) is 19.5 Å². The molecular weight excluding hydrogens is 184 g/mol. The van der Waals surface area contributed by atoms with Gasteiger partial charge in [-0.2, -0.15) is 10.2 Å². The largest absolute Gasteiger partial charge is 0.369 e. The van der Waals surface area contributed by atoms with E-state index in [0.29, 0.717) is 5.65 Å². The predicted octanol–water partition coefficient (Wildman–Crippen LogP) is -0.890. The Balaban J connectivity index is 3.01. The van der Waals surface area contributed by atoms with Gasteiger partial charge in [-0.25, -0.2) is 4.98 Å². The minimum Gasteiger partial charge on any atom is -0.369 e. The summed E-state index contributed by atoms with van der Waals surface area (Å²) in [5.41, 5.74) is 5.34. The van der Waals surface area contributed by atoms with E-state index in [2.05, 4.69) is 15.0 Å². The quantitative estimate of drug-likeness (QED) is 0.559. The Morgan fingerprint density at radius 3 is 2.93 bits per heavy atom.